The number of nitrogens with zero attached hydrogens (tertiary/aromatic N) is 3. The van der Waals surface area contributed by atoms with Crippen molar-refractivity contribution in [3.63, 3.8) is 0 Å². The Labute approximate surface area is 130 Å². The van der Waals surface area contributed by atoms with Gasteiger partial charge in [0.1, 0.15) is 0 Å². The summed E-state index contributed by atoms with van der Waals surface area (Å²) in [5.41, 5.74) is 2.80. The molecule has 1 aliphatic rings. The van der Waals surface area contributed by atoms with Crippen molar-refractivity contribution in [3.05, 3.63) is 53.3 Å². The van der Waals surface area contributed by atoms with Crippen LogP contribution in [0.25, 0.3) is 0 Å². The number of aromatic nitrogens is 2. The number of nitrogens with one attached hydrogen (secondary N) is 1. The molecule has 0 aliphatic carbocycles. The molecule has 1 saturated heterocycles. The number of rotatable bonds is 4. The molecule has 1 aliphatic heterocycles. The summed E-state index contributed by atoms with van der Waals surface area (Å²) in [6.07, 6.45) is 2.71. The number of carbonyl (C=O) groups excluding carboxylic acids is 1. The van der Waals surface area contributed by atoms with Gasteiger partial charge in [0.2, 0.25) is 0 Å². The van der Waals surface area contributed by atoms with Gasteiger partial charge in [-0.2, -0.15) is 5.10 Å². The molecule has 1 aromatic heterocycles. The summed E-state index contributed by atoms with van der Waals surface area (Å²) >= 11 is 0. The molecule has 22 heavy (non-hydrogen) atoms. The summed E-state index contributed by atoms with van der Waals surface area (Å²) in [4.78, 5) is 14.5. The molecule has 5 heteroatoms. The van der Waals surface area contributed by atoms with Crippen LogP contribution < -0.4 is 5.32 Å². The van der Waals surface area contributed by atoms with Crippen molar-refractivity contribution in [3.8, 4) is 0 Å². The van der Waals surface area contributed by atoms with Gasteiger partial charge in [-0.3, -0.25) is 9.48 Å². The van der Waals surface area contributed by atoms with E-state index in [-0.39, 0.29) is 11.9 Å². The monoisotopic (exact) mass is 298 g/mol. The largest absolute Gasteiger partial charge is 0.337 e. The minimum absolute atomic E-state index is 0.0607. The van der Waals surface area contributed by atoms with E-state index in [0.29, 0.717) is 12.1 Å². The van der Waals surface area contributed by atoms with Gasteiger partial charge in [-0.1, -0.05) is 30.3 Å². The highest BCUT2D eigenvalue weighted by atomic mass is 16.2. The molecule has 2 heterocycles. The summed E-state index contributed by atoms with van der Waals surface area (Å²) in [6.45, 7) is 4.51. The molecule has 1 aromatic carbocycles. The Morgan fingerprint density at radius 3 is 2.86 bits per heavy atom. The number of amides is 1. The normalized spacial score (nSPS) is 17.6. The Hall–Kier alpha value is -2.14. The maximum atomic E-state index is 12.7. The van der Waals surface area contributed by atoms with Crippen molar-refractivity contribution >= 4 is 5.91 Å². The summed E-state index contributed by atoms with van der Waals surface area (Å²) in [5, 5.41) is 7.69. The van der Waals surface area contributed by atoms with E-state index < -0.39 is 0 Å². The van der Waals surface area contributed by atoms with E-state index in [1.807, 2.05) is 41.8 Å². The number of likely N-dealkylation sites (N-methyl/N-ethyl adjacent to an activating group) is 1. The SMILES string of the molecule is Cc1c(C(=O)N(C)[C@@H]2CCNC2)cnn1Cc1ccccc1. The minimum atomic E-state index is 0.0607. The highest BCUT2D eigenvalue weighted by Crippen LogP contribution is 2.15. The van der Waals surface area contributed by atoms with E-state index in [0.717, 1.165) is 25.2 Å². The third-order valence-electron chi connectivity index (χ3n) is 4.41. The second-order valence-electron chi connectivity index (χ2n) is 5.85. The zero-order chi connectivity index (χ0) is 15.5. The average molecular weight is 298 g/mol. The Kier molecular flexibility index (Phi) is 4.24. The van der Waals surface area contributed by atoms with E-state index in [2.05, 4.69) is 22.5 Å². The first kappa shape index (κ1) is 14.8. The number of hydrogen-bond acceptors (Lipinski definition) is 3. The molecule has 1 fully saturated rings. The molecule has 0 unspecified atom stereocenters. The Balaban J connectivity index is 1.76. The minimum Gasteiger partial charge on any atom is -0.337 e. The summed E-state index contributed by atoms with van der Waals surface area (Å²) < 4.78 is 1.89. The van der Waals surface area contributed by atoms with Gasteiger partial charge in [0.25, 0.3) is 5.91 Å². The molecule has 1 N–H and O–H groups in total. The van der Waals surface area contributed by atoms with Crippen molar-refractivity contribution < 1.29 is 4.79 Å². The zero-order valence-electron chi connectivity index (χ0n) is 13.1. The van der Waals surface area contributed by atoms with Gasteiger partial charge >= 0.3 is 0 Å². The molecule has 0 saturated carbocycles. The Bertz CT molecular complexity index is 644. The third kappa shape index (κ3) is 2.90. The lowest BCUT2D eigenvalue weighted by Gasteiger charge is -2.23. The molecule has 0 bridgehead atoms. The molecule has 1 atom stereocenters. The van der Waals surface area contributed by atoms with Crippen molar-refractivity contribution in [2.45, 2.75) is 25.9 Å². The molecule has 0 radical (unpaired) electrons. The molecule has 5 nitrogen and oxygen atoms in total. The average Bonchev–Trinajstić information content (AvgIpc) is 3.18. The lowest BCUT2D eigenvalue weighted by Crippen LogP contribution is -2.38. The van der Waals surface area contributed by atoms with Crippen molar-refractivity contribution in [2.75, 3.05) is 20.1 Å². The van der Waals surface area contributed by atoms with Crippen LogP contribution in [-0.4, -0.2) is 46.8 Å². The summed E-state index contributed by atoms with van der Waals surface area (Å²) in [5.74, 6) is 0.0607. The van der Waals surface area contributed by atoms with E-state index in [1.165, 1.54) is 5.56 Å². The van der Waals surface area contributed by atoms with Gasteiger partial charge in [0.15, 0.2) is 0 Å². The van der Waals surface area contributed by atoms with Crippen molar-refractivity contribution in [1.82, 2.24) is 20.0 Å². The molecule has 0 spiro atoms. The predicted molar refractivity (Wildman–Crippen MR) is 85.9 cm³/mol. The molecule has 116 valence electrons. The van der Waals surface area contributed by atoms with Crippen LogP contribution in [0.2, 0.25) is 0 Å². The third-order valence-corrected chi connectivity index (χ3v) is 4.41. The van der Waals surface area contributed by atoms with Crippen LogP contribution in [0.1, 0.15) is 28.0 Å². The highest BCUT2D eigenvalue weighted by molar-refractivity contribution is 5.95. The lowest BCUT2D eigenvalue weighted by molar-refractivity contribution is 0.0743. The van der Waals surface area contributed by atoms with Crippen LogP contribution in [0.5, 0.6) is 0 Å². The molecular formula is C17H22N4O. The van der Waals surface area contributed by atoms with Crippen LogP contribution in [-0.2, 0) is 6.54 Å². The van der Waals surface area contributed by atoms with E-state index in [4.69, 9.17) is 0 Å². The first-order valence-corrected chi connectivity index (χ1v) is 7.71. The summed E-state index contributed by atoms with van der Waals surface area (Å²) in [7, 11) is 1.88. The Morgan fingerprint density at radius 2 is 2.18 bits per heavy atom. The van der Waals surface area contributed by atoms with E-state index in [9.17, 15) is 4.79 Å². The lowest BCUT2D eigenvalue weighted by atomic mass is 10.1. The number of carbonyl (C=O) groups is 1. The summed E-state index contributed by atoms with van der Waals surface area (Å²) in [6, 6.07) is 10.4. The van der Waals surface area contributed by atoms with Gasteiger partial charge in [-0.05, 0) is 25.5 Å². The van der Waals surface area contributed by atoms with Crippen LogP contribution in [0.4, 0.5) is 0 Å². The topological polar surface area (TPSA) is 50.2 Å². The molecule has 3 rings (SSSR count). The molecular weight excluding hydrogens is 276 g/mol. The fourth-order valence-corrected chi connectivity index (χ4v) is 2.90. The Morgan fingerprint density at radius 1 is 1.41 bits per heavy atom. The second-order valence-corrected chi connectivity index (χ2v) is 5.85. The van der Waals surface area contributed by atoms with E-state index in [1.54, 1.807) is 6.20 Å². The zero-order valence-corrected chi connectivity index (χ0v) is 13.1. The van der Waals surface area contributed by atoms with Gasteiger partial charge in [0.05, 0.1) is 18.3 Å². The first-order chi connectivity index (χ1) is 10.7. The van der Waals surface area contributed by atoms with E-state index >= 15 is 0 Å². The maximum Gasteiger partial charge on any atom is 0.257 e. The van der Waals surface area contributed by atoms with Gasteiger partial charge < -0.3 is 10.2 Å². The van der Waals surface area contributed by atoms with Crippen LogP contribution >= 0.6 is 0 Å². The van der Waals surface area contributed by atoms with Crippen LogP contribution in [0.15, 0.2) is 36.5 Å². The van der Waals surface area contributed by atoms with Crippen molar-refractivity contribution in [2.24, 2.45) is 0 Å². The predicted octanol–water partition coefficient (Wildman–Crippen LogP) is 1.67. The van der Waals surface area contributed by atoms with Crippen LogP contribution in [0, 0.1) is 6.92 Å². The van der Waals surface area contributed by atoms with Crippen molar-refractivity contribution in [1.29, 1.82) is 0 Å². The number of benzene rings is 1. The van der Waals surface area contributed by atoms with Gasteiger partial charge in [-0.15, -0.1) is 0 Å². The molecule has 2 aromatic rings. The van der Waals surface area contributed by atoms with Gasteiger partial charge in [0, 0.05) is 25.3 Å². The van der Waals surface area contributed by atoms with Gasteiger partial charge in [-0.25, -0.2) is 0 Å². The quantitative estimate of drug-likeness (QED) is 0.934. The standard InChI is InChI=1S/C17H22N4O/c1-13-16(17(22)20(2)15-8-9-18-10-15)11-19-21(13)12-14-6-4-3-5-7-14/h3-7,11,15,18H,8-10,12H2,1-2H3/t15-/m1/s1. The second kappa shape index (κ2) is 6.32. The first-order valence-electron chi connectivity index (χ1n) is 7.71. The molecule has 1 amide bonds. The smallest absolute Gasteiger partial charge is 0.257 e. The fourth-order valence-electron chi connectivity index (χ4n) is 2.90. The number of hydrogen-bond donors (Lipinski definition) is 1. The van der Waals surface area contributed by atoms with Crippen LogP contribution in [0.3, 0.4) is 0 Å². The highest BCUT2D eigenvalue weighted by Gasteiger charge is 2.26. The maximum absolute atomic E-state index is 12.7. The fraction of sp³-hybridized carbons (Fsp3) is 0.412.